The van der Waals surface area contributed by atoms with Crippen LogP contribution >= 0.6 is 0 Å². The molecule has 0 aliphatic carbocycles. The largest absolute Gasteiger partial charge is 0.317 e. The predicted molar refractivity (Wildman–Crippen MR) is 175 cm³/mol. The van der Waals surface area contributed by atoms with Crippen LogP contribution in [0.4, 0.5) is 0 Å². The number of nitrogens with zero attached hydrogens (tertiary/aromatic N) is 6. The molecule has 5 heterocycles. The van der Waals surface area contributed by atoms with Crippen LogP contribution in [-0.2, 0) is 11.0 Å². The topological polar surface area (TPSA) is 104 Å². The standard InChI is InChI=1S/C35H60N8/c1-28(2,3)20-31(8,9)42-27-40-25-34(36)21-32(10,11)43-22-29(4,5)18-24(38-23-14-16-37-17-15-23)19-30(6,7)35(34,33(43,12)13)26(39-25)41-27/h23,37H,14-22H2,1-13H3,(H,39,40,41,42). The number of aromatic amines is 1. The fraction of sp³-hybridized carbons (Fsp3) is 0.886. The molecular formula is C35H60N8. The Morgan fingerprint density at radius 2 is 1.56 bits per heavy atom. The van der Waals surface area contributed by atoms with Gasteiger partial charge in [-0.1, -0.05) is 48.5 Å². The average molecular weight is 593 g/mol. The van der Waals surface area contributed by atoms with Crippen molar-refractivity contribution in [3.8, 4) is 0 Å². The monoisotopic (exact) mass is 592 g/mol. The Balaban J connectivity index is 1.76. The van der Waals surface area contributed by atoms with Crippen LogP contribution in [0.5, 0.6) is 0 Å². The van der Waals surface area contributed by atoms with Crippen LogP contribution in [0, 0.1) is 16.2 Å². The third kappa shape index (κ3) is 5.35. The Morgan fingerprint density at radius 3 is 2.16 bits per heavy atom. The summed E-state index contributed by atoms with van der Waals surface area (Å²) in [5, 5.41) is 3.50. The summed E-state index contributed by atoms with van der Waals surface area (Å²) in [7, 11) is 0. The molecule has 240 valence electrons. The van der Waals surface area contributed by atoms with Crippen molar-refractivity contribution in [3.05, 3.63) is 17.3 Å². The summed E-state index contributed by atoms with van der Waals surface area (Å²) >= 11 is 0. The number of hydrogen-bond acceptors (Lipinski definition) is 6. The first kappa shape index (κ1) is 32.7. The lowest BCUT2D eigenvalue weighted by molar-refractivity contribution is -0.174. The maximum absolute atomic E-state index is 13.3. The molecule has 43 heavy (non-hydrogen) atoms. The second kappa shape index (κ2) is 9.93. The van der Waals surface area contributed by atoms with Crippen molar-refractivity contribution in [3.63, 3.8) is 0 Å². The van der Waals surface area contributed by atoms with Gasteiger partial charge in [0.25, 0.3) is 0 Å². The first-order valence-corrected chi connectivity index (χ1v) is 16.8. The molecule has 1 spiro atoms. The van der Waals surface area contributed by atoms with Gasteiger partial charge in [0.15, 0.2) is 0 Å². The Kier molecular flexibility index (Phi) is 7.56. The third-order valence-corrected chi connectivity index (χ3v) is 11.0. The fourth-order valence-electron chi connectivity index (χ4n) is 10.6. The normalized spacial score (nSPS) is 34.8. The molecule has 8 nitrogen and oxygen atoms in total. The van der Waals surface area contributed by atoms with Gasteiger partial charge in [-0.05, 0) is 109 Å². The Hall–Kier alpha value is -1.64. The number of piperidine rings is 2. The van der Waals surface area contributed by atoms with Crippen molar-refractivity contribution < 1.29 is 0 Å². The first-order chi connectivity index (χ1) is 19.4. The number of fused-ring (bicyclic) bond motifs is 4. The van der Waals surface area contributed by atoms with Gasteiger partial charge in [-0.15, -0.1) is 5.73 Å². The zero-order chi connectivity index (χ0) is 32.1. The second-order valence-electron chi connectivity index (χ2n) is 18.8. The van der Waals surface area contributed by atoms with Crippen molar-refractivity contribution in [2.24, 2.45) is 26.2 Å². The SMILES string of the molecule is CC(C)(C)CC(C)(C)N=c1nc2nc([nH]1)C1([N])CC(C)(C)N3CC(C)(C)CC(=NC4CCNCC4)CC(C)(C)C21C3(C)C. The van der Waals surface area contributed by atoms with E-state index < -0.39 is 21.9 Å². The van der Waals surface area contributed by atoms with E-state index in [4.69, 9.17) is 20.0 Å². The van der Waals surface area contributed by atoms with Crippen LogP contribution in [0.25, 0.3) is 0 Å². The maximum atomic E-state index is 13.3. The minimum absolute atomic E-state index is 0.0129. The van der Waals surface area contributed by atoms with Crippen LogP contribution in [0.2, 0.25) is 0 Å². The molecule has 1 aromatic rings. The van der Waals surface area contributed by atoms with Gasteiger partial charge in [0.05, 0.1) is 17.0 Å². The molecule has 0 saturated carbocycles. The van der Waals surface area contributed by atoms with E-state index in [1.54, 1.807) is 0 Å². The summed E-state index contributed by atoms with van der Waals surface area (Å²) < 4.78 is 0. The maximum Gasteiger partial charge on any atom is 0.225 e. The van der Waals surface area contributed by atoms with Gasteiger partial charge >= 0.3 is 0 Å². The highest BCUT2D eigenvalue weighted by molar-refractivity contribution is 5.86. The molecule has 2 N–H and O–H groups in total. The van der Waals surface area contributed by atoms with E-state index in [1.807, 2.05) is 0 Å². The number of nitrogens with one attached hydrogen (secondary N) is 2. The molecular weight excluding hydrogens is 532 g/mol. The van der Waals surface area contributed by atoms with Gasteiger partial charge < -0.3 is 10.3 Å². The summed E-state index contributed by atoms with van der Waals surface area (Å²) in [6.07, 6.45) is 5.39. The predicted octanol–water partition coefficient (Wildman–Crippen LogP) is 5.74. The molecule has 0 aromatic carbocycles. The smallest absolute Gasteiger partial charge is 0.225 e. The zero-order valence-corrected chi connectivity index (χ0v) is 29.6. The highest BCUT2D eigenvalue weighted by atomic mass is 15.3. The number of rotatable bonds is 3. The number of hydrogen-bond donors (Lipinski definition) is 2. The molecule has 5 rings (SSSR count). The van der Waals surface area contributed by atoms with Crippen LogP contribution < -0.4 is 16.7 Å². The highest BCUT2D eigenvalue weighted by Crippen LogP contribution is 2.69. The second-order valence-corrected chi connectivity index (χ2v) is 18.8. The van der Waals surface area contributed by atoms with E-state index in [0.29, 0.717) is 23.9 Å². The fourth-order valence-corrected chi connectivity index (χ4v) is 10.6. The minimum atomic E-state index is -1.24. The van der Waals surface area contributed by atoms with Gasteiger partial charge in [0.1, 0.15) is 17.2 Å². The van der Waals surface area contributed by atoms with E-state index in [2.05, 4.69) is 105 Å². The molecule has 0 amide bonds. The first-order valence-electron chi connectivity index (χ1n) is 16.8. The van der Waals surface area contributed by atoms with Crippen molar-refractivity contribution in [1.82, 2.24) is 30.9 Å². The summed E-state index contributed by atoms with van der Waals surface area (Å²) in [6.45, 7) is 32.8. The molecule has 4 aliphatic heterocycles. The van der Waals surface area contributed by atoms with Crippen LogP contribution in [-0.4, -0.2) is 67.9 Å². The highest BCUT2D eigenvalue weighted by Gasteiger charge is 2.78. The molecule has 2 radical (unpaired) electrons. The molecule has 3 unspecified atom stereocenters. The Morgan fingerprint density at radius 1 is 0.930 bits per heavy atom. The number of H-pyrrole nitrogens is 1. The van der Waals surface area contributed by atoms with E-state index in [1.165, 1.54) is 5.71 Å². The summed E-state index contributed by atoms with van der Waals surface area (Å²) in [4.78, 5) is 27.3. The van der Waals surface area contributed by atoms with Gasteiger partial charge in [-0.2, -0.15) is 4.98 Å². The Labute approximate surface area is 261 Å². The molecule has 3 fully saturated rings. The Bertz CT molecular complexity index is 1330. The minimum Gasteiger partial charge on any atom is -0.317 e. The van der Waals surface area contributed by atoms with E-state index in [9.17, 15) is 5.73 Å². The van der Waals surface area contributed by atoms with Crippen molar-refractivity contribution in [2.75, 3.05) is 19.6 Å². The average Bonchev–Trinajstić information content (AvgIpc) is 2.97. The van der Waals surface area contributed by atoms with Crippen molar-refractivity contribution in [2.45, 2.75) is 162 Å². The van der Waals surface area contributed by atoms with Crippen LogP contribution in [0.3, 0.4) is 0 Å². The van der Waals surface area contributed by atoms with Crippen LogP contribution in [0.1, 0.15) is 140 Å². The lowest BCUT2D eigenvalue weighted by Crippen LogP contribution is -2.80. The summed E-state index contributed by atoms with van der Waals surface area (Å²) in [6, 6.07) is 0.355. The molecule has 4 bridgehead atoms. The molecule has 3 saturated heterocycles. The zero-order valence-electron chi connectivity index (χ0n) is 29.6. The van der Waals surface area contributed by atoms with E-state index in [0.717, 1.165) is 57.6 Å². The molecule has 3 atom stereocenters. The van der Waals surface area contributed by atoms with Gasteiger partial charge in [-0.3, -0.25) is 9.89 Å². The number of aromatic nitrogens is 3. The third-order valence-electron chi connectivity index (χ3n) is 11.0. The van der Waals surface area contributed by atoms with Crippen molar-refractivity contribution in [1.29, 1.82) is 0 Å². The van der Waals surface area contributed by atoms with Gasteiger partial charge in [0, 0.05) is 23.3 Å². The number of aliphatic imine (C=N–C) groups is 1. The molecule has 8 heteroatoms. The van der Waals surface area contributed by atoms with E-state index in [-0.39, 0.29) is 21.9 Å². The van der Waals surface area contributed by atoms with Crippen LogP contribution in [0.15, 0.2) is 9.98 Å². The summed E-state index contributed by atoms with van der Waals surface area (Å²) in [5.41, 5.74) is 11.8. The van der Waals surface area contributed by atoms with Gasteiger partial charge in [0.2, 0.25) is 5.62 Å². The lowest BCUT2D eigenvalue weighted by Gasteiger charge is -2.69. The van der Waals surface area contributed by atoms with Gasteiger partial charge in [-0.25, -0.2) is 9.98 Å². The molecule has 1 aromatic heterocycles. The summed E-state index contributed by atoms with van der Waals surface area (Å²) in [5.74, 6) is 1.34. The molecule has 4 aliphatic rings. The van der Waals surface area contributed by atoms with E-state index >= 15 is 0 Å². The quantitative estimate of drug-likeness (QED) is 0.467. The lowest BCUT2D eigenvalue weighted by atomic mass is 9.43. The van der Waals surface area contributed by atoms with Crippen molar-refractivity contribution >= 4 is 5.71 Å².